The Bertz CT molecular complexity index is 1520. The van der Waals surface area contributed by atoms with Gasteiger partial charge in [0, 0.05) is 0 Å². The normalized spacial score (nSPS) is 15.4. The fraction of sp³-hybridized carbons (Fsp3) is 0.385. The molecule has 0 radical (unpaired) electrons. The van der Waals surface area contributed by atoms with Crippen LogP contribution < -0.4 is 21.9 Å². The number of hydrogen-bond acceptors (Lipinski definition) is 1. The van der Waals surface area contributed by atoms with Crippen molar-refractivity contribution in [2.75, 3.05) is 39.9 Å². The standard InChI is InChI=1S/C28H16BF12.C11H24NO/c30-25(31,32)17-1-9-21(10-2-17)29(22-11-3-18(4-12-22)26(33,34)35,23-13-5-19(6-14-23)27(36,37)38)24-15-7-20(8-16-24)28(39,40)41;1-3-4-5-6-7-12(2)8-10-13-11-9-12/h1-16H;3-11H2,1-2H3/q-1;+1. The zero-order valence-electron chi connectivity index (χ0n) is 29.6. The molecule has 1 heterocycles. The van der Waals surface area contributed by atoms with Crippen molar-refractivity contribution in [3.05, 3.63) is 119 Å². The van der Waals surface area contributed by atoms with Crippen LogP contribution in [0.3, 0.4) is 0 Å². The third kappa shape index (κ3) is 10.4. The van der Waals surface area contributed by atoms with Gasteiger partial charge in [-0.1, -0.05) is 117 Å². The summed E-state index contributed by atoms with van der Waals surface area (Å²) in [6.45, 7) is 7.97. The Hall–Kier alpha value is -3.98. The zero-order valence-corrected chi connectivity index (χ0v) is 29.6. The summed E-state index contributed by atoms with van der Waals surface area (Å²) in [7, 11) is 2.37. The molecule has 0 aromatic heterocycles. The fourth-order valence-electron chi connectivity index (χ4n) is 6.93. The van der Waals surface area contributed by atoms with Crippen LogP contribution in [0.5, 0.6) is 0 Å². The molecule has 5 rings (SSSR count). The molecule has 0 unspecified atom stereocenters. The van der Waals surface area contributed by atoms with Gasteiger partial charge in [0.2, 0.25) is 0 Å². The van der Waals surface area contributed by atoms with Gasteiger partial charge in [0.05, 0.1) is 49.1 Å². The average Bonchev–Trinajstić information content (AvgIpc) is 3.10. The molecule has 1 aliphatic heterocycles. The van der Waals surface area contributed by atoms with E-state index < -0.39 is 53.1 Å². The van der Waals surface area contributed by atoms with E-state index in [1.807, 2.05) is 0 Å². The molecule has 1 aliphatic rings. The molecule has 1 saturated heterocycles. The quantitative estimate of drug-likeness (QED) is 0.0714. The number of benzene rings is 4. The number of alkyl halides is 12. The molecule has 0 saturated carbocycles. The van der Waals surface area contributed by atoms with Crippen LogP contribution in [0.1, 0.15) is 54.9 Å². The minimum atomic E-state index is -4.77. The van der Waals surface area contributed by atoms with Gasteiger partial charge in [-0.25, -0.2) is 0 Å². The summed E-state index contributed by atoms with van der Waals surface area (Å²) in [5.41, 5.74) is -4.29. The van der Waals surface area contributed by atoms with E-state index in [9.17, 15) is 52.7 Å². The lowest BCUT2D eigenvalue weighted by Gasteiger charge is -2.44. The summed E-state index contributed by atoms with van der Waals surface area (Å²) in [6.07, 6.45) is -16.5. The number of unbranched alkanes of at least 4 members (excludes halogenated alkanes) is 3. The Morgan fingerprint density at radius 1 is 0.463 bits per heavy atom. The van der Waals surface area contributed by atoms with E-state index in [4.69, 9.17) is 4.74 Å². The molecule has 0 N–H and O–H groups in total. The van der Waals surface area contributed by atoms with Crippen molar-refractivity contribution in [1.29, 1.82) is 0 Å². The molecule has 4 aromatic carbocycles. The maximum Gasteiger partial charge on any atom is 0.416 e. The lowest BCUT2D eigenvalue weighted by Crippen LogP contribution is -2.74. The molecule has 15 heteroatoms. The first-order valence-electron chi connectivity index (χ1n) is 17.4. The lowest BCUT2D eigenvalue weighted by molar-refractivity contribution is -0.917. The third-order valence-electron chi connectivity index (χ3n) is 10.1. The second-order valence-electron chi connectivity index (χ2n) is 13.8. The second-order valence-corrected chi connectivity index (χ2v) is 13.8. The minimum absolute atomic E-state index is 0.0114. The smallest absolute Gasteiger partial charge is 0.370 e. The third-order valence-corrected chi connectivity index (χ3v) is 10.1. The first-order valence-corrected chi connectivity index (χ1v) is 17.4. The van der Waals surface area contributed by atoms with E-state index in [0.29, 0.717) is 48.5 Å². The van der Waals surface area contributed by atoms with Crippen molar-refractivity contribution in [3.63, 3.8) is 0 Å². The number of likely N-dealkylation sites (N-methyl/N-ethyl adjacent to an activating group) is 1. The maximum absolute atomic E-state index is 13.3. The Balaban J connectivity index is 0.000000422. The van der Waals surface area contributed by atoms with E-state index in [-0.39, 0.29) is 21.9 Å². The molecular formula is C39H40BF12NO. The summed E-state index contributed by atoms with van der Waals surface area (Å²) in [5, 5.41) is 0. The number of quaternary nitrogens is 1. The maximum atomic E-state index is 13.3. The van der Waals surface area contributed by atoms with Crippen LogP contribution >= 0.6 is 0 Å². The highest BCUT2D eigenvalue weighted by Gasteiger charge is 2.38. The Labute approximate surface area is 306 Å². The summed E-state index contributed by atoms with van der Waals surface area (Å²) in [5.74, 6) is 0. The molecule has 0 amide bonds. The zero-order chi connectivity index (χ0) is 40.0. The highest BCUT2D eigenvalue weighted by atomic mass is 19.4. The Kier molecular flexibility index (Phi) is 13.3. The van der Waals surface area contributed by atoms with Crippen LogP contribution in [0.2, 0.25) is 0 Å². The van der Waals surface area contributed by atoms with E-state index in [2.05, 4.69) is 14.0 Å². The lowest BCUT2D eigenvalue weighted by atomic mass is 9.13. The monoisotopic (exact) mass is 777 g/mol. The van der Waals surface area contributed by atoms with Gasteiger partial charge >= 0.3 is 24.7 Å². The minimum Gasteiger partial charge on any atom is -0.370 e. The van der Waals surface area contributed by atoms with Gasteiger partial charge in [-0.2, -0.15) is 74.5 Å². The fourth-order valence-corrected chi connectivity index (χ4v) is 6.93. The second kappa shape index (κ2) is 16.8. The molecule has 54 heavy (non-hydrogen) atoms. The molecule has 294 valence electrons. The first-order chi connectivity index (χ1) is 25.1. The van der Waals surface area contributed by atoms with Crippen molar-refractivity contribution in [3.8, 4) is 0 Å². The number of ether oxygens (including phenoxy) is 1. The van der Waals surface area contributed by atoms with Gasteiger partial charge in [-0.15, -0.1) is 0 Å². The van der Waals surface area contributed by atoms with Crippen LogP contribution in [0.15, 0.2) is 97.1 Å². The van der Waals surface area contributed by atoms with E-state index in [1.165, 1.54) is 49.8 Å². The van der Waals surface area contributed by atoms with E-state index in [1.54, 1.807) is 0 Å². The number of morpholine rings is 1. The molecule has 1 fully saturated rings. The van der Waals surface area contributed by atoms with Crippen molar-refractivity contribution in [2.45, 2.75) is 57.3 Å². The van der Waals surface area contributed by atoms with Crippen molar-refractivity contribution in [2.24, 2.45) is 0 Å². The van der Waals surface area contributed by atoms with Gasteiger partial charge in [0.25, 0.3) is 0 Å². The summed E-state index contributed by atoms with van der Waals surface area (Å²) in [4.78, 5) is 0. The molecule has 0 bridgehead atoms. The topological polar surface area (TPSA) is 9.23 Å². The average molecular weight is 778 g/mol. The summed E-state index contributed by atoms with van der Waals surface area (Å²) < 4.78 is 167. The molecule has 0 aliphatic carbocycles. The Morgan fingerprint density at radius 3 is 0.981 bits per heavy atom. The van der Waals surface area contributed by atoms with Gasteiger partial charge in [0.15, 0.2) is 0 Å². The highest BCUT2D eigenvalue weighted by Crippen LogP contribution is 2.32. The molecule has 4 aromatic rings. The van der Waals surface area contributed by atoms with Gasteiger partial charge in [0.1, 0.15) is 19.2 Å². The van der Waals surface area contributed by atoms with Crippen LogP contribution in [0, 0.1) is 0 Å². The van der Waals surface area contributed by atoms with Crippen molar-refractivity contribution < 1.29 is 61.9 Å². The Morgan fingerprint density at radius 2 is 0.741 bits per heavy atom. The van der Waals surface area contributed by atoms with Crippen LogP contribution in [-0.4, -0.2) is 50.5 Å². The van der Waals surface area contributed by atoms with Gasteiger partial charge in [-0.05, 0) is 12.8 Å². The molecule has 0 atom stereocenters. The van der Waals surface area contributed by atoms with E-state index >= 15 is 0 Å². The van der Waals surface area contributed by atoms with E-state index in [0.717, 1.165) is 61.7 Å². The number of nitrogens with zero attached hydrogens (tertiary/aromatic N) is 1. The van der Waals surface area contributed by atoms with Crippen molar-refractivity contribution in [1.82, 2.24) is 0 Å². The number of hydrogen-bond donors (Lipinski definition) is 0. The SMILES string of the molecule is CCCCCC[N+]1(C)CCOCC1.FC(F)(F)c1ccc([B-](c2ccc(C(F)(F)F)cc2)(c2ccc(C(F)(F)F)cc2)c2ccc(C(F)(F)F)cc2)cc1. The summed E-state index contributed by atoms with van der Waals surface area (Å²) in [6, 6.07) is 13.6. The molecule has 2 nitrogen and oxygen atoms in total. The van der Waals surface area contributed by atoms with Crippen LogP contribution in [-0.2, 0) is 29.4 Å². The van der Waals surface area contributed by atoms with Crippen molar-refractivity contribution >= 4 is 28.0 Å². The number of halogens is 12. The predicted molar refractivity (Wildman–Crippen MR) is 186 cm³/mol. The van der Waals surface area contributed by atoms with Gasteiger partial charge in [-0.3, -0.25) is 0 Å². The molecule has 0 spiro atoms. The largest absolute Gasteiger partial charge is 0.416 e. The summed E-state index contributed by atoms with van der Waals surface area (Å²) >= 11 is 0. The predicted octanol–water partition coefficient (Wildman–Crippen LogP) is 9.18. The van der Waals surface area contributed by atoms with Crippen LogP contribution in [0.25, 0.3) is 0 Å². The first kappa shape index (κ1) is 42.8. The van der Waals surface area contributed by atoms with Crippen LogP contribution in [0.4, 0.5) is 52.7 Å². The highest BCUT2D eigenvalue weighted by molar-refractivity contribution is 7.19. The molecular weight excluding hydrogens is 737 g/mol. The van der Waals surface area contributed by atoms with Gasteiger partial charge < -0.3 is 9.22 Å². The number of rotatable bonds is 9.